The van der Waals surface area contributed by atoms with Crippen molar-refractivity contribution in [1.29, 1.82) is 0 Å². The van der Waals surface area contributed by atoms with Gasteiger partial charge in [-0.25, -0.2) is 4.68 Å². The molecule has 2 heterocycles. The van der Waals surface area contributed by atoms with E-state index in [-0.39, 0.29) is 24.3 Å². The first-order valence-corrected chi connectivity index (χ1v) is 7.41. The van der Waals surface area contributed by atoms with Crippen molar-refractivity contribution >= 4 is 17.6 Å². The lowest BCUT2D eigenvalue weighted by Crippen LogP contribution is -2.29. The molecule has 0 spiro atoms. The second-order valence-corrected chi connectivity index (χ2v) is 5.40. The number of aromatic nitrogens is 4. The molecule has 0 atom stereocenters. The highest BCUT2D eigenvalue weighted by molar-refractivity contribution is 5.90. The number of pyridine rings is 1. The highest BCUT2D eigenvalue weighted by Gasteiger charge is 2.10. The van der Waals surface area contributed by atoms with Gasteiger partial charge in [0.25, 0.3) is 0 Å². The van der Waals surface area contributed by atoms with Crippen LogP contribution in [0.1, 0.15) is 19.4 Å². The fraction of sp³-hybridized carbons (Fsp3) is 0.400. The van der Waals surface area contributed by atoms with Gasteiger partial charge in [0, 0.05) is 24.9 Å². The Morgan fingerprint density at radius 2 is 2.00 bits per heavy atom. The molecule has 2 N–H and O–H groups in total. The first-order valence-electron chi connectivity index (χ1n) is 7.41. The van der Waals surface area contributed by atoms with Crippen LogP contribution in [0.3, 0.4) is 0 Å². The lowest BCUT2D eigenvalue weighted by molar-refractivity contribution is -0.122. The number of carbonyl (C=O) groups is 2. The molecular formula is C15H20N6O2. The summed E-state index contributed by atoms with van der Waals surface area (Å²) in [5.74, 6) is -0.102. The fourth-order valence-electron chi connectivity index (χ4n) is 1.80. The van der Waals surface area contributed by atoms with Gasteiger partial charge in [-0.2, -0.15) is 0 Å². The molecule has 2 rings (SSSR count). The Balaban J connectivity index is 1.75. The minimum atomic E-state index is -0.161. The molecule has 8 heteroatoms. The molecule has 2 aromatic rings. The molecule has 0 aliphatic heterocycles. The van der Waals surface area contributed by atoms with E-state index in [1.165, 1.54) is 10.9 Å². The van der Waals surface area contributed by atoms with Crippen molar-refractivity contribution in [1.82, 2.24) is 25.3 Å². The van der Waals surface area contributed by atoms with Crippen molar-refractivity contribution in [3.63, 3.8) is 0 Å². The molecule has 0 unspecified atom stereocenters. The molecule has 0 aliphatic carbocycles. The van der Waals surface area contributed by atoms with Crippen LogP contribution in [0.15, 0.2) is 30.7 Å². The molecule has 0 radical (unpaired) electrons. The normalized spacial score (nSPS) is 10.6. The van der Waals surface area contributed by atoms with Crippen molar-refractivity contribution < 1.29 is 9.59 Å². The number of hydrogen-bond donors (Lipinski definition) is 2. The van der Waals surface area contributed by atoms with Crippen LogP contribution >= 0.6 is 0 Å². The maximum atomic E-state index is 11.8. The molecule has 0 bridgehead atoms. The number of carbonyl (C=O) groups excluding carboxylic acids is 2. The van der Waals surface area contributed by atoms with Crippen molar-refractivity contribution in [2.75, 3.05) is 11.9 Å². The van der Waals surface area contributed by atoms with Crippen LogP contribution in [0.2, 0.25) is 0 Å². The Kier molecular flexibility index (Phi) is 5.79. The number of amides is 2. The Morgan fingerprint density at radius 3 is 2.70 bits per heavy atom. The van der Waals surface area contributed by atoms with E-state index < -0.39 is 0 Å². The highest BCUT2D eigenvalue weighted by Crippen LogP contribution is 2.03. The molecule has 2 amide bonds. The topological polar surface area (TPSA) is 102 Å². The average molecular weight is 316 g/mol. The summed E-state index contributed by atoms with van der Waals surface area (Å²) in [6.45, 7) is 4.17. The van der Waals surface area contributed by atoms with E-state index in [2.05, 4.69) is 25.9 Å². The van der Waals surface area contributed by atoms with Gasteiger partial charge in [0.15, 0.2) is 5.82 Å². The van der Waals surface area contributed by atoms with Crippen LogP contribution in [0.5, 0.6) is 0 Å². The molecule has 0 fully saturated rings. The second-order valence-electron chi connectivity index (χ2n) is 5.40. The maximum Gasteiger partial charge on any atom is 0.241 e. The third-order valence-electron chi connectivity index (χ3n) is 3.11. The summed E-state index contributed by atoms with van der Waals surface area (Å²) in [4.78, 5) is 27.3. The molecule has 2 aromatic heterocycles. The van der Waals surface area contributed by atoms with E-state index >= 15 is 0 Å². The molecule has 0 saturated carbocycles. The number of nitrogens with one attached hydrogen (secondary N) is 2. The van der Waals surface area contributed by atoms with Gasteiger partial charge in [0.1, 0.15) is 6.54 Å². The Hall–Kier alpha value is -2.77. The summed E-state index contributed by atoms with van der Waals surface area (Å²) in [5.41, 5.74) is 1.11. The Morgan fingerprint density at radius 1 is 1.26 bits per heavy atom. The first-order chi connectivity index (χ1) is 11.0. The summed E-state index contributed by atoms with van der Waals surface area (Å²) < 4.78 is 1.39. The lowest BCUT2D eigenvalue weighted by Gasteiger charge is -2.05. The van der Waals surface area contributed by atoms with Gasteiger partial charge in [0.2, 0.25) is 11.8 Å². The molecule has 0 aromatic carbocycles. The number of hydrogen-bond acceptors (Lipinski definition) is 5. The van der Waals surface area contributed by atoms with Crippen LogP contribution in [0.4, 0.5) is 5.82 Å². The zero-order valence-electron chi connectivity index (χ0n) is 13.2. The van der Waals surface area contributed by atoms with Crippen molar-refractivity contribution in [3.8, 4) is 0 Å². The largest absolute Gasteiger partial charge is 0.354 e. The van der Waals surface area contributed by atoms with Gasteiger partial charge >= 0.3 is 0 Å². The van der Waals surface area contributed by atoms with Crippen molar-refractivity contribution in [2.45, 2.75) is 26.8 Å². The SMILES string of the molecule is CC(C)C(=O)Nc1cn(CC(=O)NCCc2ccncc2)nn1. The molecule has 23 heavy (non-hydrogen) atoms. The first kappa shape index (κ1) is 16.6. The second kappa shape index (κ2) is 8.02. The van der Waals surface area contributed by atoms with E-state index in [0.29, 0.717) is 12.4 Å². The quantitative estimate of drug-likeness (QED) is 0.780. The van der Waals surface area contributed by atoms with E-state index in [1.807, 2.05) is 12.1 Å². The summed E-state index contributed by atoms with van der Waals surface area (Å²) >= 11 is 0. The van der Waals surface area contributed by atoms with E-state index in [9.17, 15) is 9.59 Å². The highest BCUT2D eigenvalue weighted by atomic mass is 16.2. The maximum absolute atomic E-state index is 11.8. The van der Waals surface area contributed by atoms with Gasteiger partial charge < -0.3 is 10.6 Å². The van der Waals surface area contributed by atoms with Gasteiger partial charge in [-0.05, 0) is 24.1 Å². The van der Waals surface area contributed by atoms with Crippen LogP contribution in [-0.4, -0.2) is 38.3 Å². The van der Waals surface area contributed by atoms with Gasteiger partial charge in [0.05, 0.1) is 6.20 Å². The third-order valence-corrected chi connectivity index (χ3v) is 3.11. The van der Waals surface area contributed by atoms with E-state index in [4.69, 9.17) is 0 Å². The van der Waals surface area contributed by atoms with E-state index in [1.54, 1.807) is 26.2 Å². The minimum Gasteiger partial charge on any atom is -0.354 e. The van der Waals surface area contributed by atoms with Gasteiger partial charge in [-0.15, -0.1) is 5.10 Å². The fourth-order valence-corrected chi connectivity index (χ4v) is 1.80. The number of anilines is 1. The Bertz CT molecular complexity index is 653. The van der Waals surface area contributed by atoms with Crippen molar-refractivity contribution in [3.05, 3.63) is 36.3 Å². The minimum absolute atomic E-state index is 0.0564. The molecule has 8 nitrogen and oxygen atoms in total. The van der Waals surface area contributed by atoms with Crippen molar-refractivity contribution in [2.24, 2.45) is 5.92 Å². The number of nitrogens with zero attached hydrogens (tertiary/aromatic N) is 4. The lowest BCUT2D eigenvalue weighted by atomic mass is 10.2. The summed E-state index contributed by atoms with van der Waals surface area (Å²) in [5, 5.41) is 13.1. The van der Waals surface area contributed by atoms with Crippen LogP contribution in [0, 0.1) is 5.92 Å². The average Bonchev–Trinajstić information content (AvgIpc) is 2.95. The predicted octanol–water partition coefficient (Wildman–Crippen LogP) is 0.626. The molecule has 122 valence electrons. The summed E-state index contributed by atoms with van der Waals surface area (Å²) in [7, 11) is 0. The van der Waals surface area contributed by atoms with Crippen LogP contribution < -0.4 is 10.6 Å². The molecule has 0 saturated heterocycles. The van der Waals surface area contributed by atoms with Crippen LogP contribution in [-0.2, 0) is 22.6 Å². The standard InChI is InChI=1S/C15H20N6O2/c1-11(2)15(23)18-13-9-21(20-19-13)10-14(22)17-8-5-12-3-6-16-7-4-12/h3-4,6-7,9,11H,5,8,10H2,1-2H3,(H,17,22)(H,18,23). The third kappa shape index (κ3) is 5.50. The van der Waals surface area contributed by atoms with E-state index in [0.717, 1.165) is 12.0 Å². The molecule has 0 aliphatic rings. The predicted molar refractivity (Wildman–Crippen MR) is 84.4 cm³/mol. The summed E-state index contributed by atoms with van der Waals surface area (Å²) in [6.07, 6.45) is 5.71. The monoisotopic (exact) mass is 316 g/mol. The Labute approximate surface area is 134 Å². The zero-order chi connectivity index (χ0) is 16.7. The van der Waals surface area contributed by atoms with Gasteiger partial charge in [-0.3, -0.25) is 14.6 Å². The molecular weight excluding hydrogens is 296 g/mol. The summed E-state index contributed by atoms with van der Waals surface area (Å²) in [6, 6.07) is 3.82. The van der Waals surface area contributed by atoms with Crippen LogP contribution in [0.25, 0.3) is 0 Å². The number of rotatable bonds is 7. The zero-order valence-corrected chi connectivity index (χ0v) is 13.2. The van der Waals surface area contributed by atoms with Gasteiger partial charge in [-0.1, -0.05) is 19.1 Å². The smallest absolute Gasteiger partial charge is 0.241 e.